The van der Waals surface area contributed by atoms with Crippen molar-refractivity contribution in [3.05, 3.63) is 42.0 Å². The Labute approximate surface area is 150 Å². The maximum Gasteiger partial charge on any atom is 0.416 e. The molecule has 0 radical (unpaired) electrons. The van der Waals surface area contributed by atoms with Gasteiger partial charge in [0.15, 0.2) is 0 Å². The Balaban J connectivity index is 2.77. The summed E-state index contributed by atoms with van der Waals surface area (Å²) in [6.45, 7) is 8.00. The van der Waals surface area contributed by atoms with E-state index < -0.39 is 11.7 Å². The molecular weight excluding hydrogens is 349 g/mol. The predicted octanol–water partition coefficient (Wildman–Crippen LogP) is 4.99. The monoisotopic (exact) mass is 372 g/mol. The summed E-state index contributed by atoms with van der Waals surface area (Å²) in [4.78, 5) is 16.3. The van der Waals surface area contributed by atoms with Gasteiger partial charge in [-0.1, -0.05) is 32.6 Å². The molecule has 1 aromatic rings. The first-order valence-electron chi connectivity index (χ1n) is 7.98. The van der Waals surface area contributed by atoms with Crippen molar-refractivity contribution in [1.82, 2.24) is 5.32 Å². The molecule has 0 spiro atoms. The number of nitrogens with zero attached hydrogens (tertiary/aromatic N) is 1. The van der Waals surface area contributed by atoms with E-state index in [1.54, 1.807) is 0 Å². The fourth-order valence-electron chi connectivity index (χ4n) is 2.19. The maximum atomic E-state index is 12.6. The number of hydrogen-bond donors (Lipinski definition) is 1. The minimum atomic E-state index is -4.37. The summed E-state index contributed by atoms with van der Waals surface area (Å²) in [7, 11) is 0. The standard InChI is InChI=1S/C18H23F3N2OS/c1-5-13(6-2)17(24)22-11-16(25-4)23-12(3)14-7-9-15(10-8-14)18(19,20)21/h7-10,13H,3,5-6,11H2,1-2,4H3,(H,22,24). The predicted molar refractivity (Wildman–Crippen MR) is 98.5 cm³/mol. The van der Waals surface area contributed by atoms with E-state index in [-0.39, 0.29) is 18.4 Å². The van der Waals surface area contributed by atoms with Crippen LogP contribution >= 0.6 is 11.8 Å². The van der Waals surface area contributed by atoms with E-state index in [1.807, 2.05) is 20.1 Å². The summed E-state index contributed by atoms with van der Waals surface area (Å²) in [6.07, 6.45) is -1.01. The van der Waals surface area contributed by atoms with Gasteiger partial charge in [0.05, 0.1) is 22.8 Å². The number of hydrogen-bond acceptors (Lipinski definition) is 3. The second kappa shape index (κ2) is 9.65. The molecule has 0 bridgehead atoms. The minimum Gasteiger partial charge on any atom is -0.350 e. The van der Waals surface area contributed by atoms with Gasteiger partial charge in [-0.15, -0.1) is 11.8 Å². The molecule has 0 aromatic heterocycles. The highest BCUT2D eigenvalue weighted by atomic mass is 32.2. The fraction of sp³-hybridized carbons (Fsp3) is 0.444. The van der Waals surface area contributed by atoms with Gasteiger partial charge < -0.3 is 5.32 Å². The van der Waals surface area contributed by atoms with Crippen LogP contribution in [0.2, 0.25) is 0 Å². The van der Waals surface area contributed by atoms with Crippen molar-refractivity contribution in [2.24, 2.45) is 10.9 Å². The Hall–Kier alpha value is -1.76. The van der Waals surface area contributed by atoms with Gasteiger partial charge in [-0.05, 0) is 36.8 Å². The molecule has 0 fully saturated rings. The minimum absolute atomic E-state index is 0.0214. The molecule has 0 aliphatic rings. The summed E-state index contributed by atoms with van der Waals surface area (Å²) in [6, 6.07) is 4.69. The van der Waals surface area contributed by atoms with E-state index in [1.165, 1.54) is 23.9 Å². The number of alkyl halides is 3. The van der Waals surface area contributed by atoms with Gasteiger partial charge in [0.1, 0.15) is 0 Å². The zero-order chi connectivity index (χ0) is 19.0. The number of rotatable bonds is 7. The molecule has 1 aromatic carbocycles. The molecule has 1 N–H and O–H groups in total. The number of thioether (sulfide) groups is 1. The molecular formula is C18H23F3N2OS. The highest BCUT2D eigenvalue weighted by Gasteiger charge is 2.30. The van der Waals surface area contributed by atoms with Crippen LogP contribution in [0, 0.1) is 5.92 Å². The second-order valence-corrected chi connectivity index (χ2v) is 6.34. The molecule has 1 rings (SSSR count). The van der Waals surface area contributed by atoms with Crippen molar-refractivity contribution >= 4 is 28.4 Å². The molecule has 0 saturated heterocycles. The first-order chi connectivity index (χ1) is 11.7. The summed E-state index contributed by atoms with van der Waals surface area (Å²) < 4.78 is 37.8. The van der Waals surface area contributed by atoms with Crippen LogP contribution in [0.3, 0.4) is 0 Å². The third-order valence-electron chi connectivity index (χ3n) is 3.81. The van der Waals surface area contributed by atoms with Crippen molar-refractivity contribution < 1.29 is 18.0 Å². The zero-order valence-corrected chi connectivity index (χ0v) is 15.4. The van der Waals surface area contributed by atoms with E-state index in [4.69, 9.17) is 0 Å². The van der Waals surface area contributed by atoms with Crippen molar-refractivity contribution in [2.75, 3.05) is 12.8 Å². The Bertz CT molecular complexity index is 620. The van der Waals surface area contributed by atoms with Crippen LogP contribution in [0.25, 0.3) is 5.70 Å². The molecule has 7 heteroatoms. The lowest BCUT2D eigenvalue weighted by Gasteiger charge is -2.13. The lowest BCUT2D eigenvalue weighted by Crippen LogP contribution is -2.33. The van der Waals surface area contributed by atoms with Crippen LogP contribution in [0.5, 0.6) is 0 Å². The van der Waals surface area contributed by atoms with Crippen LogP contribution in [-0.2, 0) is 11.0 Å². The number of nitrogens with one attached hydrogen (secondary N) is 1. The molecule has 0 unspecified atom stereocenters. The van der Waals surface area contributed by atoms with Crippen LogP contribution < -0.4 is 5.32 Å². The number of halogens is 3. The third kappa shape index (κ3) is 6.57. The SMILES string of the molecule is C=C(N=C(CNC(=O)C(CC)CC)SC)c1ccc(C(F)(F)F)cc1. The molecule has 3 nitrogen and oxygen atoms in total. The highest BCUT2D eigenvalue weighted by Crippen LogP contribution is 2.30. The summed E-state index contributed by atoms with van der Waals surface area (Å²) in [5.41, 5.74) is 0.149. The number of carbonyl (C=O) groups excluding carboxylic acids is 1. The van der Waals surface area contributed by atoms with Gasteiger partial charge >= 0.3 is 6.18 Å². The van der Waals surface area contributed by atoms with Crippen molar-refractivity contribution in [3.63, 3.8) is 0 Å². The van der Waals surface area contributed by atoms with Crippen LogP contribution in [0.1, 0.15) is 37.8 Å². The van der Waals surface area contributed by atoms with Gasteiger partial charge in [-0.25, -0.2) is 4.99 Å². The van der Waals surface area contributed by atoms with E-state index >= 15 is 0 Å². The maximum absolute atomic E-state index is 12.6. The summed E-state index contributed by atoms with van der Waals surface area (Å²) >= 11 is 1.36. The van der Waals surface area contributed by atoms with Gasteiger partial charge in [0, 0.05) is 5.92 Å². The normalized spacial score (nSPS) is 12.4. The number of amides is 1. The van der Waals surface area contributed by atoms with Gasteiger partial charge in [-0.2, -0.15) is 13.2 Å². The smallest absolute Gasteiger partial charge is 0.350 e. The van der Waals surface area contributed by atoms with Crippen LogP contribution in [0.15, 0.2) is 35.8 Å². The van der Waals surface area contributed by atoms with Gasteiger partial charge in [-0.3, -0.25) is 4.79 Å². The molecule has 0 heterocycles. The Morgan fingerprint density at radius 1 is 1.24 bits per heavy atom. The average Bonchev–Trinajstić information content (AvgIpc) is 2.58. The lowest BCUT2D eigenvalue weighted by atomic mass is 10.0. The molecule has 138 valence electrons. The molecule has 0 atom stereocenters. The van der Waals surface area contributed by atoms with Crippen LogP contribution in [-0.4, -0.2) is 23.8 Å². The number of benzene rings is 1. The third-order valence-corrected chi connectivity index (χ3v) is 4.52. The first-order valence-corrected chi connectivity index (χ1v) is 9.21. The van der Waals surface area contributed by atoms with E-state index in [2.05, 4.69) is 16.9 Å². The first kappa shape index (κ1) is 21.3. The molecule has 0 saturated carbocycles. The Morgan fingerprint density at radius 2 is 1.80 bits per heavy atom. The Kier molecular flexibility index (Phi) is 8.22. The van der Waals surface area contributed by atoms with Crippen molar-refractivity contribution in [1.29, 1.82) is 0 Å². The van der Waals surface area contributed by atoms with Crippen LogP contribution in [0.4, 0.5) is 13.2 Å². The molecule has 25 heavy (non-hydrogen) atoms. The van der Waals surface area contributed by atoms with E-state index in [0.29, 0.717) is 16.3 Å². The average molecular weight is 372 g/mol. The lowest BCUT2D eigenvalue weighted by molar-refractivity contribution is -0.137. The topological polar surface area (TPSA) is 41.5 Å². The summed E-state index contributed by atoms with van der Waals surface area (Å²) in [5, 5.41) is 3.48. The van der Waals surface area contributed by atoms with E-state index in [9.17, 15) is 18.0 Å². The van der Waals surface area contributed by atoms with E-state index in [0.717, 1.165) is 25.0 Å². The molecule has 1 amide bonds. The number of carbonyl (C=O) groups is 1. The fourth-order valence-corrected chi connectivity index (χ4v) is 2.61. The van der Waals surface area contributed by atoms with Crippen molar-refractivity contribution in [3.8, 4) is 0 Å². The van der Waals surface area contributed by atoms with Gasteiger partial charge in [0.25, 0.3) is 0 Å². The second-order valence-electron chi connectivity index (χ2n) is 5.46. The Morgan fingerprint density at radius 3 is 2.24 bits per heavy atom. The molecule has 0 aliphatic carbocycles. The largest absolute Gasteiger partial charge is 0.416 e. The van der Waals surface area contributed by atoms with Crippen molar-refractivity contribution in [2.45, 2.75) is 32.9 Å². The quantitative estimate of drug-likeness (QED) is 0.541. The zero-order valence-electron chi connectivity index (χ0n) is 14.6. The highest BCUT2D eigenvalue weighted by molar-refractivity contribution is 8.13. The number of aliphatic imine (C=N–C) groups is 1. The summed E-state index contributed by atoms with van der Waals surface area (Å²) in [5.74, 6) is -0.0480. The molecule has 0 aliphatic heterocycles. The van der Waals surface area contributed by atoms with Gasteiger partial charge in [0.2, 0.25) is 5.91 Å².